The number of carboxylic acid groups (broad SMARTS) is 1. The lowest BCUT2D eigenvalue weighted by Gasteiger charge is -2.37. The number of pyridine rings is 1. The highest BCUT2D eigenvalue weighted by Crippen LogP contribution is 2.34. The lowest BCUT2D eigenvalue weighted by molar-refractivity contribution is -0.146. The van der Waals surface area contributed by atoms with Gasteiger partial charge in [0.15, 0.2) is 0 Å². The van der Waals surface area contributed by atoms with E-state index in [2.05, 4.69) is 30.7 Å². The van der Waals surface area contributed by atoms with Crippen LogP contribution in [-0.2, 0) is 4.79 Å². The second kappa shape index (κ2) is 11.5. The van der Waals surface area contributed by atoms with Crippen molar-refractivity contribution in [1.29, 1.82) is 0 Å². The van der Waals surface area contributed by atoms with Crippen molar-refractivity contribution in [2.45, 2.75) is 57.3 Å². The van der Waals surface area contributed by atoms with Gasteiger partial charge in [0.25, 0.3) is 0 Å². The Morgan fingerprint density at radius 2 is 2.12 bits per heavy atom. The lowest BCUT2D eigenvalue weighted by Crippen LogP contribution is -2.44. The summed E-state index contributed by atoms with van der Waals surface area (Å²) >= 11 is 1.96. The Morgan fingerprint density at radius 1 is 1.33 bits per heavy atom. The molecule has 1 aliphatic heterocycles. The summed E-state index contributed by atoms with van der Waals surface area (Å²) in [5.74, 6) is 0.805. The molecule has 3 atom stereocenters. The van der Waals surface area contributed by atoms with Crippen LogP contribution < -0.4 is 4.74 Å². The molecule has 33 heavy (non-hydrogen) atoms. The van der Waals surface area contributed by atoms with E-state index in [1.165, 1.54) is 0 Å². The maximum Gasteiger partial charge on any atom is 0.308 e. The lowest BCUT2D eigenvalue weighted by atomic mass is 9.81. The number of fused-ring (bicyclic) bond motifs is 1. The first-order chi connectivity index (χ1) is 15.7. The predicted octanol–water partition coefficient (Wildman–Crippen LogP) is 5.00. The van der Waals surface area contributed by atoms with E-state index in [0.717, 1.165) is 53.9 Å². The van der Waals surface area contributed by atoms with Gasteiger partial charge >= 0.3 is 5.97 Å². The first-order valence-electron chi connectivity index (χ1n) is 11.9. The number of carboxylic acids is 1. The summed E-state index contributed by atoms with van der Waals surface area (Å²) in [4.78, 5) is 18.7. The van der Waals surface area contributed by atoms with E-state index in [0.29, 0.717) is 19.4 Å². The maximum absolute atomic E-state index is 12.0. The van der Waals surface area contributed by atoms with Crippen LogP contribution in [0.5, 0.6) is 5.75 Å². The van der Waals surface area contributed by atoms with Crippen LogP contribution in [0.4, 0.5) is 0 Å². The Balaban J connectivity index is 1.57. The van der Waals surface area contributed by atoms with Crippen molar-refractivity contribution in [3.8, 4) is 5.75 Å². The number of benzene rings is 1. The molecule has 0 unspecified atom stereocenters. The zero-order valence-electron chi connectivity index (χ0n) is 20.3. The Bertz CT molecular complexity index is 930. The van der Waals surface area contributed by atoms with E-state index in [1.807, 2.05) is 36.0 Å². The van der Waals surface area contributed by atoms with Gasteiger partial charge in [0.1, 0.15) is 5.75 Å². The van der Waals surface area contributed by atoms with Crippen LogP contribution in [-0.4, -0.2) is 63.3 Å². The summed E-state index contributed by atoms with van der Waals surface area (Å²) < 4.78 is 5.60. The molecule has 1 saturated heterocycles. The molecule has 6 nitrogen and oxygen atoms in total. The number of ether oxygens (including phenoxy) is 1. The van der Waals surface area contributed by atoms with E-state index in [-0.39, 0.29) is 16.6 Å². The molecule has 0 spiro atoms. The highest BCUT2D eigenvalue weighted by Gasteiger charge is 2.34. The van der Waals surface area contributed by atoms with Gasteiger partial charge in [0.05, 0.1) is 24.6 Å². The predicted molar refractivity (Wildman–Crippen MR) is 135 cm³/mol. The van der Waals surface area contributed by atoms with Crippen LogP contribution in [0, 0.1) is 11.8 Å². The molecular weight excluding hydrogens is 436 g/mol. The Labute approximate surface area is 201 Å². The van der Waals surface area contributed by atoms with Gasteiger partial charge in [-0.1, -0.05) is 20.8 Å². The molecule has 182 valence electrons. The SMILES string of the molecule is COc1ccc2nccc([C@H](O)CC[C@@H]3CCN(CCCSC(C)(C)C)C[C@@H]3C(=O)O)c2c1. The number of likely N-dealkylation sites (tertiary alicyclic amines) is 1. The van der Waals surface area contributed by atoms with E-state index in [4.69, 9.17) is 4.74 Å². The molecule has 0 bridgehead atoms. The summed E-state index contributed by atoms with van der Waals surface area (Å²) in [6, 6.07) is 7.50. The van der Waals surface area contributed by atoms with Crippen LogP contribution in [0.15, 0.2) is 30.5 Å². The molecule has 3 rings (SSSR count). The van der Waals surface area contributed by atoms with Crippen molar-refractivity contribution in [1.82, 2.24) is 9.88 Å². The maximum atomic E-state index is 12.0. The molecule has 1 aliphatic rings. The molecule has 0 saturated carbocycles. The number of hydrogen-bond donors (Lipinski definition) is 2. The van der Waals surface area contributed by atoms with Crippen molar-refractivity contribution in [2.24, 2.45) is 11.8 Å². The third kappa shape index (κ3) is 7.33. The van der Waals surface area contributed by atoms with Crippen LogP contribution in [0.2, 0.25) is 0 Å². The summed E-state index contributed by atoms with van der Waals surface area (Å²) in [5, 5.41) is 21.7. The molecule has 1 aromatic carbocycles. The van der Waals surface area contributed by atoms with E-state index >= 15 is 0 Å². The average molecular weight is 475 g/mol. The third-order valence-electron chi connectivity index (χ3n) is 6.46. The zero-order valence-corrected chi connectivity index (χ0v) is 21.1. The first kappa shape index (κ1) is 25.8. The van der Waals surface area contributed by atoms with Gasteiger partial charge in [0, 0.05) is 22.9 Å². The molecule has 0 aliphatic carbocycles. The van der Waals surface area contributed by atoms with E-state index < -0.39 is 12.1 Å². The minimum atomic E-state index is -0.720. The number of rotatable bonds is 10. The highest BCUT2D eigenvalue weighted by atomic mass is 32.2. The minimum absolute atomic E-state index is 0.0833. The monoisotopic (exact) mass is 474 g/mol. The number of piperidine rings is 1. The quantitative estimate of drug-likeness (QED) is 0.469. The van der Waals surface area contributed by atoms with Crippen molar-refractivity contribution < 1.29 is 19.7 Å². The summed E-state index contributed by atoms with van der Waals surface area (Å²) in [5.41, 5.74) is 1.63. The summed E-state index contributed by atoms with van der Waals surface area (Å²) in [6.45, 7) is 9.16. The molecule has 1 aromatic heterocycles. The second-order valence-corrected chi connectivity index (χ2v) is 11.9. The molecule has 1 fully saturated rings. The zero-order chi connectivity index (χ0) is 24.0. The van der Waals surface area contributed by atoms with Gasteiger partial charge in [-0.15, -0.1) is 0 Å². The molecule has 2 aromatic rings. The van der Waals surface area contributed by atoms with Gasteiger partial charge < -0.3 is 19.8 Å². The number of hydrogen-bond acceptors (Lipinski definition) is 6. The van der Waals surface area contributed by atoms with Crippen LogP contribution in [0.1, 0.15) is 58.1 Å². The molecule has 0 amide bonds. The van der Waals surface area contributed by atoms with Gasteiger partial charge in [-0.2, -0.15) is 11.8 Å². The second-order valence-electron chi connectivity index (χ2n) is 9.98. The summed E-state index contributed by atoms with van der Waals surface area (Å²) in [7, 11) is 1.62. The van der Waals surface area contributed by atoms with Crippen LogP contribution >= 0.6 is 11.8 Å². The number of aliphatic carboxylic acids is 1. The minimum Gasteiger partial charge on any atom is -0.497 e. The summed E-state index contributed by atoms with van der Waals surface area (Å²) in [6.07, 6.45) is 4.22. The largest absolute Gasteiger partial charge is 0.497 e. The van der Waals surface area contributed by atoms with Crippen molar-refractivity contribution in [2.75, 3.05) is 32.5 Å². The van der Waals surface area contributed by atoms with Gasteiger partial charge in [0.2, 0.25) is 0 Å². The molecule has 2 N–H and O–H groups in total. The first-order valence-corrected chi connectivity index (χ1v) is 12.9. The number of nitrogens with zero attached hydrogens (tertiary/aromatic N) is 2. The number of aliphatic hydroxyl groups is 1. The Kier molecular flexibility index (Phi) is 9.02. The van der Waals surface area contributed by atoms with Gasteiger partial charge in [-0.25, -0.2) is 0 Å². The fourth-order valence-corrected chi connectivity index (χ4v) is 5.54. The smallest absolute Gasteiger partial charge is 0.308 e. The number of methoxy groups -OCH3 is 1. The Morgan fingerprint density at radius 3 is 2.82 bits per heavy atom. The van der Waals surface area contributed by atoms with Gasteiger partial charge in [-0.3, -0.25) is 9.78 Å². The normalized spacial score (nSPS) is 20.6. The van der Waals surface area contributed by atoms with Crippen molar-refractivity contribution >= 4 is 28.6 Å². The molecular formula is C26H38N2O4S. The molecule has 7 heteroatoms. The molecule has 0 radical (unpaired) electrons. The fraction of sp³-hybridized carbons (Fsp3) is 0.615. The van der Waals surface area contributed by atoms with Crippen molar-refractivity contribution in [3.05, 3.63) is 36.0 Å². The van der Waals surface area contributed by atoms with Gasteiger partial charge in [-0.05, 0) is 80.3 Å². The van der Waals surface area contributed by atoms with E-state index in [1.54, 1.807) is 13.3 Å². The van der Waals surface area contributed by atoms with Crippen molar-refractivity contribution in [3.63, 3.8) is 0 Å². The number of aliphatic hydroxyl groups excluding tert-OH is 1. The topological polar surface area (TPSA) is 82.9 Å². The third-order valence-corrected chi connectivity index (χ3v) is 7.82. The van der Waals surface area contributed by atoms with E-state index in [9.17, 15) is 15.0 Å². The highest BCUT2D eigenvalue weighted by molar-refractivity contribution is 8.00. The average Bonchev–Trinajstić information content (AvgIpc) is 2.79. The number of carbonyl (C=O) groups is 1. The standard InChI is InChI=1S/C26H38N2O4S/c1-26(2,3)33-15-5-13-28-14-11-18(22(17-28)25(30)31)6-9-24(29)20-10-12-27-23-8-7-19(32-4)16-21(20)23/h7-8,10,12,16,18,22,24,29H,5-6,9,11,13-15,17H2,1-4H3,(H,30,31)/t18-,22+,24-/m1/s1. The van der Waals surface area contributed by atoms with Crippen LogP contribution in [0.3, 0.4) is 0 Å². The Hall–Kier alpha value is -1.83. The van der Waals surface area contributed by atoms with Crippen LogP contribution in [0.25, 0.3) is 10.9 Å². The molecule has 2 heterocycles. The number of aromatic nitrogens is 1. The fourth-order valence-electron chi connectivity index (χ4n) is 4.65. The number of thioether (sulfide) groups is 1.